The zero-order valence-corrected chi connectivity index (χ0v) is 16.9. The molecule has 3 aromatic rings. The number of aromatic nitrogens is 1. The number of benzene rings is 2. The number of nitrogens with zero attached hydrogens (tertiary/aromatic N) is 2. The summed E-state index contributed by atoms with van der Waals surface area (Å²) >= 11 is 6.11. The molecule has 7 heteroatoms. The Labute approximate surface area is 174 Å². The Morgan fingerprint density at radius 1 is 1.21 bits per heavy atom. The molecule has 1 aromatic heterocycles. The molecule has 29 heavy (non-hydrogen) atoms. The molecule has 1 aliphatic rings. The molecule has 1 N–H and O–H groups in total. The molecule has 1 aliphatic heterocycles. The maximum Gasteiger partial charge on any atom is 0.420 e. The second kappa shape index (κ2) is 8.84. The molecule has 0 saturated carbocycles. The molecule has 0 radical (unpaired) electrons. The summed E-state index contributed by atoms with van der Waals surface area (Å²) in [6.45, 7) is 2.42. The highest BCUT2D eigenvalue weighted by atomic mass is 35.5. The molecule has 1 saturated heterocycles. The van der Waals surface area contributed by atoms with Gasteiger partial charge in [-0.1, -0.05) is 41.9 Å². The number of carbonyl (C=O) groups is 1. The van der Waals surface area contributed by atoms with Crippen molar-refractivity contribution >= 4 is 28.6 Å². The maximum absolute atomic E-state index is 12.4. The van der Waals surface area contributed by atoms with E-state index in [9.17, 15) is 9.59 Å². The molecule has 1 unspecified atom stereocenters. The first-order valence-corrected chi connectivity index (χ1v) is 10.3. The number of nitrogens with one attached hydrogen (secondary N) is 1. The Balaban J connectivity index is 1.36. The summed E-state index contributed by atoms with van der Waals surface area (Å²) < 4.78 is 7.05. The van der Waals surface area contributed by atoms with E-state index in [2.05, 4.69) is 22.3 Å². The first kappa shape index (κ1) is 19.7. The largest absolute Gasteiger partial charge is 0.420 e. The fourth-order valence-corrected chi connectivity index (χ4v) is 4.15. The highest BCUT2D eigenvalue weighted by molar-refractivity contribution is 6.31. The van der Waals surface area contributed by atoms with Crippen molar-refractivity contribution in [2.75, 3.05) is 26.2 Å². The predicted molar refractivity (Wildman–Crippen MR) is 113 cm³/mol. The van der Waals surface area contributed by atoms with E-state index >= 15 is 0 Å². The molecule has 0 aliphatic carbocycles. The number of fused-ring (bicyclic) bond motifs is 1. The first-order valence-electron chi connectivity index (χ1n) is 9.94. The minimum atomic E-state index is -0.374. The number of piperidine rings is 1. The van der Waals surface area contributed by atoms with E-state index in [4.69, 9.17) is 16.0 Å². The Kier molecular flexibility index (Phi) is 6.02. The lowest BCUT2D eigenvalue weighted by atomic mass is 10.1. The number of halogens is 1. The third kappa shape index (κ3) is 4.71. The third-order valence-electron chi connectivity index (χ3n) is 5.37. The van der Waals surface area contributed by atoms with Gasteiger partial charge in [0, 0.05) is 18.1 Å². The molecular formula is C22H24ClN3O3. The Hall–Kier alpha value is -2.57. The number of hydrogen-bond donors (Lipinski definition) is 1. The molecule has 2 heterocycles. The van der Waals surface area contributed by atoms with Crippen molar-refractivity contribution < 1.29 is 9.21 Å². The molecule has 1 fully saturated rings. The van der Waals surface area contributed by atoms with Gasteiger partial charge in [0.2, 0.25) is 5.91 Å². The molecule has 0 bridgehead atoms. The van der Waals surface area contributed by atoms with E-state index < -0.39 is 0 Å². The van der Waals surface area contributed by atoms with E-state index in [0.717, 1.165) is 25.8 Å². The van der Waals surface area contributed by atoms with Crippen LogP contribution < -0.4 is 11.1 Å². The standard InChI is InChI=1S/C22H24ClN3O3/c23-17-8-9-20-19(13-17)26(22(28)29-20)18-7-4-12-25(14-18)15-21(27)24-11-10-16-5-2-1-3-6-16/h1-3,5-6,8-9,13,18H,4,7,10-12,14-15H2,(H,24,27). The summed E-state index contributed by atoms with van der Waals surface area (Å²) in [4.78, 5) is 26.9. The van der Waals surface area contributed by atoms with Crippen LogP contribution in [0.25, 0.3) is 11.1 Å². The van der Waals surface area contributed by atoms with Crippen LogP contribution >= 0.6 is 11.6 Å². The summed E-state index contributed by atoms with van der Waals surface area (Å²) in [5, 5.41) is 3.56. The van der Waals surface area contributed by atoms with E-state index in [-0.39, 0.29) is 17.7 Å². The molecule has 152 valence electrons. The van der Waals surface area contributed by atoms with Crippen LogP contribution in [0.3, 0.4) is 0 Å². The van der Waals surface area contributed by atoms with Crippen LogP contribution in [0, 0.1) is 0 Å². The molecule has 4 rings (SSSR count). The summed E-state index contributed by atoms with van der Waals surface area (Å²) in [6.07, 6.45) is 2.60. The van der Waals surface area contributed by atoms with Gasteiger partial charge in [0.1, 0.15) is 0 Å². The molecule has 0 spiro atoms. The maximum atomic E-state index is 12.4. The molecule has 1 atom stereocenters. The van der Waals surface area contributed by atoms with Crippen molar-refractivity contribution in [3.05, 3.63) is 69.7 Å². The van der Waals surface area contributed by atoms with Gasteiger partial charge in [-0.25, -0.2) is 4.79 Å². The topological polar surface area (TPSA) is 67.5 Å². The van der Waals surface area contributed by atoms with Gasteiger partial charge in [-0.2, -0.15) is 0 Å². The number of carbonyl (C=O) groups excluding carboxylic acids is 1. The van der Waals surface area contributed by atoms with Crippen molar-refractivity contribution in [3.8, 4) is 0 Å². The van der Waals surface area contributed by atoms with Gasteiger partial charge < -0.3 is 9.73 Å². The van der Waals surface area contributed by atoms with Crippen molar-refractivity contribution in [1.29, 1.82) is 0 Å². The fourth-order valence-electron chi connectivity index (χ4n) is 3.99. The SMILES string of the molecule is O=C(CN1CCCC(n2c(=O)oc3ccc(Cl)cc32)C1)NCCc1ccccc1. The highest BCUT2D eigenvalue weighted by Gasteiger charge is 2.26. The molecule has 6 nitrogen and oxygen atoms in total. The van der Waals surface area contributed by atoms with Crippen molar-refractivity contribution in [3.63, 3.8) is 0 Å². The first-order chi connectivity index (χ1) is 14.1. The van der Waals surface area contributed by atoms with Gasteiger partial charge in [0.05, 0.1) is 18.1 Å². The number of rotatable bonds is 6. The van der Waals surface area contributed by atoms with Crippen LogP contribution in [0.4, 0.5) is 0 Å². The Bertz CT molecular complexity index is 1040. The number of amides is 1. The fraction of sp³-hybridized carbons (Fsp3) is 0.364. The predicted octanol–water partition coefficient (Wildman–Crippen LogP) is 3.24. The van der Waals surface area contributed by atoms with Crippen LogP contribution in [0.15, 0.2) is 57.7 Å². The summed E-state index contributed by atoms with van der Waals surface area (Å²) in [5.74, 6) is -0.365. The van der Waals surface area contributed by atoms with Crippen LogP contribution in [-0.2, 0) is 11.2 Å². The Morgan fingerprint density at radius 3 is 2.86 bits per heavy atom. The molecule has 2 aromatic carbocycles. The van der Waals surface area contributed by atoms with Crippen LogP contribution in [0.5, 0.6) is 0 Å². The van der Waals surface area contributed by atoms with E-state index in [1.165, 1.54) is 5.56 Å². The summed E-state index contributed by atoms with van der Waals surface area (Å²) in [5.41, 5.74) is 2.45. The minimum absolute atomic E-state index is 0.00836. The molecular weight excluding hydrogens is 390 g/mol. The average Bonchev–Trinajstić information content (AvgIpc) is 3.04. The zero-order valence-electron chi connectivity index (χ0n) is 16.1. The lowest BCUT2D eigenvalue weighted by Gasteiger charge is -2.32. The second-order valence-electron chi connectivity index (χ2n) is 7.47. The van der Waals surface area contributed by atoms with E-state index in [1.54, 1.807) is 22.8 Å². The minimum Gasteiger partial charge on any atom is -0.408 e. The van der Waals surface area contributed by atoms with Gasteiger partial charge >= 0.3 is 5.76 Å². The number of hydrogen-bond acceptors (Lipinski definition) is 4. The van der Waals surface area contributed by atoms with Gasteiger partial charge in [-0.15, -0.1) is 0 Å². The number of oxazole rings is 1. The number of likely N-dealkylation sites (tertiary alicyclic amines) is 1. The highest BCUT2D eigenvalue weighted by Crippen LogP contribution is 2.26. The summed E-state index contributed by atoms with van der Waals surface area (Å²) in [7, 11) is 0. The normalized spacial score (nSPS) is 17.5. The summed E-state index contributed by atoms with van der Waals surface area (Å²) in [6, 6.07) is 15.3. The van der Waals surface area contributed by atoms with Crippen molar-refractivity contribution in [2.45, 2.75) is 25.3 Å². The smallest absolute Gasteiger partial charge is 0.408 e. The van der Waals surface area contributed by atoms with Gasteiger partial charge in [-0.05, 0) is 49.6 Å². The lowest BCUT2D eigenvalue weighted by molar-refractivity contribution is -0.122. The van der Waals surface area contributed by atoms with Gasteiger partial charge in [0.25, 0.3) is 0 Å². The third-order valence-corrected chi connectivity index (χ3v) is 5.60. The Morgan fingerprint density at radius 2 is 2.03 bits per heavy atom. The van der Waals surface area contributed by atoms with Crippen LogP contribution in [0.2, 0.25) is 5.02 Å². The quantitative estimate of drug-likeness (QED) is 0.673. The van der Waals surface area contributed by atoms with Crippen molar-refractivity contribution in [1.82, 2.24) is 14.8 Å². The van der Waals surface area contributed by atoms with Crippen LogP contribution in [-0.4, -0.2) is 41.6 Å². The van der Waals surface area contributed by atoms with Crippen LogP contribution in [0.1, 0.15) is 24.4 Å². The zero-order chi connectivity index (χ0) is 20.2. The lowest BCUT2D eigenvalue weighted by Crippen LogP contribution is -2.44. The molecule has 1 amide bonds. The second-order valence-corrected chi connectivity index (χ2v) is 7.90. The van der Waals surface area contributed by atoms with Gasteiger partial charge in [-0.3, -0.25) is 14.3 Å². The van der Waals surface area contributed by atoms with E-state index in [0.29, 0.717) is 35.8 Å². The monoisotopic (exact) mass is 413 g/mol. The van der Waals surface area contributed by atoms with Gasteiger partial charge in [0.15, 0.2) is 5.58 Å². The van der Waals surface area contributed by atoms with Crippen molar-refractivity contribution in [2.24, 2.45) is 0 Å². The van der Waals surface area contributed by atoms with E-state index in [1.807, 2.05) is 18.2 Å². The average molecular weight is 414 g/mol.